The lowest BCUT2D eigenvalue weighted by Crippen LogP contribution is -2.30. The Hall–Kier alpha value is -2.31. The van der Waals surface area contributed by atoms with Crippen molar-refractivity contribution >= 4 is 40.5 Å². The van der Waals surface area contributed by atoms with Gasteiger partial charge in [0.25, 0.3) is 11.6 Å². The zero-order valence-corrected chi connectivity index (χ0v) is 14.4. The first-order valence-corrected chi connectivity index (χ1v) is 7.71. The largest absolute Gasteiger partial charge is 0.481 e. The van der Waals surface area contributed by atoms with Crippen LogP contribution in [0.1, 0.15) is 12.5 Å². The number of nitro groups is 1. The Morgan fingerprint density at radius 1 is 1.21 bits per heavy atom. The Morgan fingerprint density at radius 3 is 2.50 bits per heavy atom. The number of nitrogens with one attached hydrogen (secondary N) is 1. The van der Waals surface area contributed by atoms with Gasteiger partial charge in [-0.05, 0) is 49.7 Å². The molecule has 0 bridgehead atoms. The number of rotatable bonds is 5. The van der Waals surface area contributed by atoms with E-state index in [4.69, 9.17) is 27.9 Å². The summed E-state index contributed by atoms with van der Waals surface area (Å²) in [6, 6.07) is 9.08. The number of anilines is 1. The van der Waals surface area contributed by atoms with E-state index in [1.165, 1.54) is 18.2 Å². The van der Waals surface area contributed by atoms with Gasteiger partial charge in [0.05, 0.1) is 4.92 Å². The topological polar surface area (TPSA) is 81.5 Å². The quantitative estimate of drug-likeness (QED) is 0.616. The fourth-order valence-corrected chi connectivity index (χ4v) is 2.23. The second-order valence-electron chi connectivity index (χ2n) is 5.08. The lowest BCUT2D eigenvalue weighted by atomic mass is 10.2. The molecule has 2 rings (SSSR count). The second-order valence-corrected chi connectivity index (χ2v) is 5.90. The number of halogens is 2. The number of benzene rings is 2. The highest BCUT2D eigenvalue weighted by Crippen LogP contribution is 2.27. The van der Waals surface area contributed by atoms with E-state index in [0.29, 0.717) is 10.8 Å². The summed E-state index contributed by atoms with van der Waals surface area (Å²) in [5.41, 5.74) is 0.810. The Labute approximate surface area is 148 Å². The van der Waals surface area contributed by atoms with E-state index in [0.717, 1.165) is 5.56 Å². The van der Waals surface area contributed by atoms with Gasteiger partial charge >= 0.3 is 0 Å². The van der Waals surface area contributed by atoms with Crippen molar-refractivity contribution in [2.75, 3.05) is 5.32 Å². The first kappa shape index (κ1) is 18.0. The van der Waals surface area contributed by atoms with Gasteiger partial charge in [0.1, 0.15) is 10.8 Å². The van der Waals surface area contributed by atoms with Crippen molar-refractivity contribution in [3.63, 3.8) is 0 Å². The summed E-state index contributed by atoms with van der Waals surface area (Å²) >= 11 is 11.7. The molecule has 1 N–H and O–H groups in total. The minimum atomic E-state index is -0.805. The van der Waals surface area contributed by atoms with Gasteiger partial charge in [-0.25, -0.2) is 0 Å². The summed E-state index contributed by atoms with van der Waals surface area (Å²) in [5.74, 6) is 0.0564. The molecule has 0 aliphatic rings. The molecule has 0 saturated carbocycles. The molecule has 1 atom stereocenters. The summed E-state index contributed by atoms with van der Waals surface area (Å²) in [7, 11) is 0. The average Bonchev–Trinajstić information content (AvgIpc) is 2.52. The lowest BCUT2D eigenvalue weighted by molar-refractivity contribution is -0.384. The van der Waals surface area contributed by atoms with E-state index in [1.54, 1.807) is 25.1 Å². The SMILES string of the molecule is Cc1cc(OC(C)C(=O)Nc2ccc(Cl)c([N+](=O)[O-])c2)ccc1Cl. The second kappa shape index (κ2) is 7.51. The van der Waals surface area contributed by atoms with Crippen molar-refractivity contribution in [1.29, 1.82) is 0 Å². The lowest BCUT2D eigenvalue weighted by Gasteiger charge is -2.15. The number of nitrogens with zero attached hydrogens (tertiary/aromatic N) is 1. The van der Waals surface area contributed by atoms with Gasteiger partial charge in [0.2, 0.25) is 0 Å². The summed E-state index contributed by atoms with van der Waals surface area (Å²) in [4.78, 5) is 22.4. The molecule has 24 heavy (non-hydrogen) atoms. The third kappa shape index (κ3) is 4.37. The van der Waals surface area contributed by atoms with Gasteiger partial charge in [-0.15, -0.1) is 0 Å². The van der Waals surface area contributed by atoms with Crippen LogP contribution in [0.3, 0.4) is 0 Å². The number of hydrogen-bond acceptors (Lipinski definition) is 4. The third-order valence-electron chi connectivity index (χ3n) is 3.22. The van der Waals surface area contributed by atoms with Crippen LogP contribution in [0, 0.1) is 17.0 Å². The van der Waals surface area contributed by atoms with Crippen LogP contribution >= 0.6 is 23.2 Å². The molecule has 126 valence electrons. The maximum atomic E-state index is 12.2. The molecular weight excluding hydrogens is 355 g/mol. The molecule has 8 heteroatoms. The van der Waals surface area contributed by atoms with Crippen molar-refractivity contribution in [1.82, 2.24) is 0 Å². The van der Waals surface area contributed by atoms with Crippen molar-refractivity contribution in [2.24, 2.45) is 0 Å². The van der Waals surface area contributed by atoms with E-state index in [9.17, 15) is 14.9 Å². The molecular formula is C16H14Cl2N2O4. The summed E-state index contributed by atoms with van der Waals surface area (Å²) < 4.78 is 5.55. The summed E-state index contributed by atoms with van der Waals surface area (Å²) in [5, 5.41) is 14.0. The molecule has 1 amide bonds. The molecule has 0 fully saturated rings. The molecule has 0 spiro atoms. The number of amides is 1. The molecule has 6 nitrogen and oxygen atoms in total. The van der Waals surface area contributed by atoms with Crippen molar-refractivity contribution in [2.45, 2.75) is 20.0 Å². The summed E-state index contributed by atoms with van der Waals surface area (Å²) in [6.45, 7) is 3.40. The normalized spacial score (nSPS) is 11.7. The zero-order chi connectivity index (χ0) is 17.9. The molecule has 0 aromatic heterocycles. The Balaban J connectivity index is 2.07. The molecule has 2 aromatic rings. The van der Waals surface area contributed by atoms with Gasteiger partial charge in [-0.1, -0.05) is 23.2 Å². The van der Waals surface area contributed by atoms with Crippen molar-refractivity contribution < 1.29 is 14.5 Å². The first-order valence-electron chi connectivity index (χ1n) is 6.95. The Kier molecular flexibility index (Phi) is 5.64. The highest BCUT2D eigenvalue weighted by molar-refractivity contribution is 6.32. The Morgan fingerprint density at radius 2 is 1.88 bits per heavy atom. The molecule has 2 aromatic carbocycles. The first-order chi connectivity index (χ1) is 11.3. The smallest absolute Gasteiger partial charge is 0.289 e. The van der Waals surface area contributed by atoms with Gasteiger partial charge in [0.15, 0.2) is 6.10 Å². The fourth-order valence-electron chi connectivity index (χ4n) is 1.92. The number of carbonyl (C=O) groups is 1. The van der Waals surface area contributed by atoms with E-state index >= 15 is 0 Å². The molecule has 0 heterocycles. The molecule has 1 unspecified atom stereocenters. The fraction of sp³-hybridized carbons (Fsp3) is 0.188. The highest BCUT2D eigenvalue weighted by atomic mass is 35.5. The van der Waals surface area contributed by atoms with Gasteiger partial charge in [-0.2, -0.15) is 0 Å². The number of ether oxygens (including phenoxy) is 1. The monoisotopic (exact) mass is 368 g/mol. The predicted octanol–water partition coefficient (Wildman–Crippen LogP) is 4.62. The number of carbonyl (C=O) groups excluding carboxylic acids is 1. The predicted molar refractivity (Wildman–Crippen MR) is 93.0 cm³/mol. The molecule has 0 aliphatic heterocycles. The number of hydrogen-bond donors (Lipinski definition) is 1. The van der Waals surface area contributed by atoms with E-state index in [2.05, 4.69) is 5.32 Å². The third-order valence-corrected chi connectivity index (χ3v) is 3.97. The van der Waals surface area contributed by atoms with Gasteiger partial charge in [-0.3, -0.25) is 14.9 Å². The summed E-state index contributed by atoms with van der Waals surface area (Å²) in [6.07, 6.45) is -0.805. The molecule has 0 saturated heterocycles. The van der Waals surface area contributed by atoms with Crippen LogP contribution in [0.15, 0.2) is 36.4 Å². The number of nitro benzene ring substituents is 1. The van der Waals surface area contributed by atoms with E-state index in [1.807, 2.05) is 6.92 Å². The minimum absolute atomic E-state index is 0.000984. The standard InChI is InChI=1S/C16H14Cl2N2O4/c1-9-7-12(4-6-13(9)17)24-10(2)16(21)19-11-3-5-14(18)15(8-11)20(22)23/h3-8,10H,1-2H3,(H,19,21). The van der Waals surface area contributed by atoms with Gasteiger partial charge < -0.3 is 10.1 Å². The van der Waals surface area contributed by atoms with Crippen molar-refractivity contribution in [3.8, 4) is 5.75 Å². The van der Waals surface area contributed by atoms with Crippen LogP contribution in [0.2, 0.25) is 10.0 Å². The maximum absolute atomic E-state index is 12.2. The van der Waals surface area contributed by atoms with Crippen LogP contribution in [0.25, 0.3) is 0 Å². The Bertz CT molecular complexity index is 796. The zero-order valence-electron chi connectivity index (χ0n) is 12.9. The van der Waals surface area contributed by atoms with Crippen LogP contribution in [-0.4, -0.2) is 16.9 Å². The minimum Gasteiger partial charge on any atom is -0.481 e. The van der Waals surface area contributed by atoms with Crippen LogP contribution < -0.4 is 10.1 Å². The van der Waals surface area contributed by atoms with E-state index < -0.39 is 16.9 Å². The van der Waals surface area contributed by atoms with E-state index in [-0.39, 0.29) is 16.4 Å². The molecule has 0 radical (unpaired) electrons. The average molecular weight is 369 g/mol. The van der Waals surface area contributed by atoms with Crippen molar-refractivity contribution in [3.05, 3.63) is 62.1 Å². The van der Waals surface area contributed by atoms with Crippen LogP contribution in [-0.2, 0) is 4.79 Å². The van der Waals surface area contributed by atoms with Crippen LogP contribution in [0.4, 0.5) is 11.4 Å². The highest BCUT2D eigenvalue weighted by Gasteiger charge is 2.18. The number of aryl methyl sites for hydroxylation is 1. The van der Waals surface area contributed by atoms with Crippen LogP contribution in [0.5, 0.6) is 5.75 Å². The van der Waals surface area contributed by atoms with Gasteiger partial charge in [0, 0.05) is 16.8 Å². The maximum Gasteiger partial charge on any atom is 0.289 e. The molecule has 0 aliphatic carbocycles.